The number of ether oxygens (including phenoxy) is 1. The third-order valence-corrected chi connectivity index (χ3v) is 3.66. The summed E-state index contributed by atoms with van der Waals surface area (Å²) in [6.07, 6.45) is 1.37. The number of benzene rings is 1. The van der Waals surface area contributed by atoms with Gasteiger partial charge in [-0.25, -0.2) is 4.39 Å². The van der Waals surface area contributed by atoms with Crippen LogP contribution in [0.3, 0.4) is 0 Å². The van der Waals surface area contributed by atoms with Gasteiger partial charge in [0, 0.05) is 37.3 Å². The van der Waals surface area contributed by atoms with E-state index in [-0.39, 0.29) is 12.4 Å². The van der Waals surface area contributed by atoms with Crippen molar-refractivity contribution in [2.24, 2.45) is 5.73 Å². The van der Waals surface area contributed by atoms with E-state index in [0.717, 1.165) is 19.5 Å². The fourth-order valence-electron chi connectivity index (χ4n) is 2.41. The van der Waals surface area contributed by atoms with Crippen molar-refractivity contribution in [2.75, 3.05) is 26.8 Å². The van der Waals surface area contributed by atoms with Crippen LogP contribution in [0.1, 0.15) is 38.3 Å². The number of hydrogen-bond acceptors (Lipinski definition) is 4. The summed E-state index contributed by atoms with van der Waals surface area (Å²) in [5.74, 6) is 0.169. The number of nitrogens with zero attached hydrogens (tertiary/aromatic N) is 1. The van der Waals surface area contributed by atoms with Crippen LogP contribution in [0.5, 0.6) is 5.75 Å². The Morgan fingerprint density at radius 2 is 2.05 bits per heavy atom. The number of halogens is 1. The second-order valence-corrected chi connectivity index (χ2v) is 5.46. The number of methoxy groups -OCH3 is 1. The minimum absolute atomic E-state index is 0.177. The molecule has 1 atom stereocenters. The molecule has 0 radical (unpaired) electrons. The molecule has 0 amide bonds. The van der Waals surface area contributed by atoms with Crippen LogP contribution in [0.25, 0.3) is 0 Å². The summed E-state index contributed by atoms with van der Waals surface area (Å²) in [6, 6.07) is 4.71. The van der Waals surface area contributed by atoms with E-state index in [9.17, 15) is 4.39 Å². The lowest BCUT2D eigenvalue weighted by Crippen LogP contribution is -2.34. The van der Waals surface area contributed by atoms with E-state index in [2.05, 4.69) is 18.7 Å². The van der Waals surface area contributed by atoms with Crippen LogP contribution in [0.2, 0.25) is 0 Å². The molecule has 0 aromatic heterocycles. The van der Waals surface area contributed by atoms with Gasteiger partial charge in [-0.05, 0) is 38.8 Å². The van der Waals surface area contributed by atoms with Crippen LogP contribution in [0.15, 0.2) is 18.2 Å². The molecule has 0 saturated heterocycles. The molecule has 0 saturated carbocycles. The van der Waals surface area contributed by atoms with E-state index in [4.69, 9.17) is 15.6 Å². The second kappa shape index (κ2) is 8.97. The zero-order valence-electron chi connectivity index (χ0n) is 13.2. The Balaban J connectivity index is 2.70. The first-order valence-corrected chi connectivity index (χ1v) is 7.44. The smallest absolute Gasteiger partial charge is 0.131 e. The summed E-state index contributed by atoms with van der Waals surface area (Å²) in [6.45, 7) is 5.96. The molecule has 0 aliphatic heterocycles. The molecule has 0 spiro atoms. The quantitative estimate of drug-likeness (QED) is 0.734. The zero-order valence-corrected chi connectivity index (χ0v) is 13.2. The zero-order chi connectivity index (χ0) is 15.8. The van der Waals surface area contributed by atoms with E-state index in [1.54, 1.807) is 12.1 Å². The first-order valence-electron chi connectivity index (χ1n) is 7.44. The maximum Gasteiger partial charge on any atom is 0.131 e. The number of hydrogen-bond donors (Lipinski definition) is 2. The minimum atomic E-state index is -0.406. The van der Waals surface area contributed by atoms with Crippen molar-refractivity contribution in [3.8, 4) is 5.75 Å². The molecule has 120 valence electrons. The number of aliphatic hydroxyl groups excluding tert-OH is 1. The minimum Gasteiger partial charge on any atom is -0.496 e. The lowest BCUT2D eigenvalue weighted by atomic mass is 10.0. The molecular weight excluding hydrogens is 271 g/mol. The van der Waals surface area contributed by atoms with Gasteiger partial charge in [-0.1, -0.05) is 6.07 Å². The SMILES string of the molecule is COc1cccc(F)c1C(N)CCN(CCCO)C(C)C. The van der Waals surface area contributed by atoms with Gasteiger partial charge in [0.25, 0.3) is 0 Å². The number of nitrogens with two attached hydrogens (primary N) is 1. The third kappa shape index (κ3) is 5.26. The van der Waals surface area contributed by atoms with E-state index in [1.807, 2.05) is 0 Å². The molecule has 4 nitrogen and oxygen atoms in total. The Kier molecular flexibility index (Phi) is 7.64. The normalized spacial score (nSPS) is 13.0. The summed E-state index contributed by atoms with van der Waals surface area (Å²) >= 11 is 0. The lowest BCUT2D eigenvalue weighted by Gasteiger charge is -2.27. The van der Waals surface area contributed by atoms with Crippen LogP contribution in [0, 0.1) is 5.82 Å². The maximum absolute atomic E-state index is 14.0. The van der Waals surface area contributed by atoms with Gasteiger partial charge in [0.1, 0.15) is 11.6 Å². The van der Waals surface area contributed by atoms with E-state index < -0.39 is 6.04 Å². The highest BCUT2D eigenvalue weighted by molar-refractivity contribution is 5.37. The molecule has 5 heteroatoms. The van der Waals surface area contributed by atoms with Crippen LogP contribution in [-0.4, -0.2) is 42.9 Å². The highest BCUT2D eigenvalue weighted by atomic mass is 19.1. The van der Waals surface area contributed by atoms with Gasteiger partial charge in [0.2, 0.25) is 0 Å². The van der Waals surface area contributed by atoms with Crippen molar-refractivity contribution < 1.29 is 14.2 Å². The molecule has 0 aliphatic carbocycles. The summed E-state index contributed by atoms with van der Waals surface area (Å²) in [7, 11) is 1.52. The highest BCUT2D eigenvalue weighted by Crippen LogP contribution is 2.28. The Hall–Kier alpha value is -1.17. The van der Waals surface area contributed by atoms with Crippen LogP contribution in [0.4, 0.5) is 4.39 Å². The van der Waals surface area contributed by atoms with Crippen molar-refractivity contribution in [1.82, 2.24) is 4.90 Å². The molecule has 1 aromatic carbocycles. The fourth-order valence-corrected chi connectivity index (χ4v) is 2.41. The first-order chi connectivity index (χ1) is 10.0. The van der Waals surface area contributed by atoms with Gasteiger partial charge in [-0.2, -0.15) is 0 Å². The Morgan fingerprint density at radius 3 is 2.62 bits per heavy atom. The summed E-state index contributed by atoms with van der Waals surface area (Å²) in [5.41, 5.74) is 6.59. The van der Waals surface area contributed by atoms with Gasteiger partial charge in [-0.3, -0.25) is 0 Å². The van der Waals surface area contributed by atoms with Crippen LogP contribution in [-0.2, 0) is 0 Å². The lowest BCUT2D eigenvalue weighted by molar-refractivity contribution is 0.186. The first kappa shape index (κ1) is 17.9. The number of rotatable bonds is 9. The fraction of sp³-hybridized carbons (Fsp3) is 0.625. The molecule has 0 heterocycles. The summed E-state index contributed by atoms with van der Waals surface area (Å²) < 4.78 is 19.2. The van der Waals surface area contributed by atoms with Crippen molar-refractivity contribution >= 4 is 0 Å². The average molecular weight is 298 g/mol. The molecule has 0 fully saturated rings. The predicted molar refractivity (Wildman–Crippen MR) is 82.9 cm³/mol. The third-order valence-electron chi connectivity index (χ3n) is 3.66. The maximum atomic E-state index is 14.0. The van der Waals surface area contributed by atoms with E-state index in [1.165, 1.54) is 13.2 Å². The summed E-state index contributed by atoms with van der Waals surface area (Å²) in [5, 5.41) is 8.94. The molecule has 0 aliphatic rings. The predicted octanol–water partition coefficient (Wildman–Crippen LogP) is 2.32. The monoisotopic (exact) mass is 298 g/mol. The van der Waals surface area contributed by atoms with E-state index >= 15 is 0 Å². The second-order valence-electron chi connectivity index (χ2n) is 5.46. The molecule has 0 bridgehead atoms. The van der Waals surface area contributed by atoms with Crippen molar-refractivity contribution in [2.45, 2.75) is 38.8 Å². The van der Waals surface area contributed by atoms with Gasteiger partial charge in [-0.15, -0.1) is 0 Å². The number of aliphatic hydroxyl groups is 1. The summed E-state index contributed by atoms with van der Waals surface area (Å²) in [4.78, 5) is 2.24. The Bertz CT molecular complexity index is 427. The van der Waals surface area contributed by atoms with Gasteiger partial charge in [0.05, 0.1) is 7.11 Å². The van der Waals surface area contributed by atoms with Gasteiger partial charge in [0.15, 0.2) is 0 Å². The molecule has 1 unspecified atom stereocenters. The average Bonchev–Trinajstić information content (AvgIpc) is 2.46. The van der Waals surface area contributed by atoms with Gasteiger partial charge >= 0.3 is 0 Å². The molecule has 1 aromatic rings. The molecule has 3 N–H and O–H groups in total. The topological polar surface area (TPSA) is 58.7 Å². The standard InChI is InChI=1S/C16H27FN2O2/c1-12(2)19(9-5-11-20)10-8-14(18)16-13(17)6-4-7-15(16)21-3/h4,6-7,12,14,20H,5,8-11,18H2,1-3H3. The van der Waals surface area contributed by atoms with E-state index in [0.29, 0.717) is 23.8 Å². The highest BCUT2D eigenvalue weighted by Gasteiger charge is 2.18. The Morgan fingerprint density at radius 1 is 1.33 bits per heavy atom. The van der Waals surface area contributed by atoms with Gasteiger partial charge < -0.3 is 20.5 Å². The molecule has 21 heavy (non-hydrogen) atoms. The van der Waals surface area contributed by atoms with Crippen LogP contribution >= 0.6 is 0 Å². The molecular formula is C16H27FN2O2. The van der Waals surface area contributed by atoms with Crippen LogP contribution < -0.4 is 10.5 Å². The molecule has 1 rings (SSSR count). The van der Waals surface area contributed by atoms with Crippen molar-refractivity contribution in [1.29, 1.82) is 0 Å². The van der Waals surface area contributed by atoms with Crippen molar-refractivity contribution in [3.05, 3.63) is 29.6 Å². The van der Waals surface area contributed by atoms with Crippen molar-refractivity contribution in [3.63, 3.8) is 0 Å². The Labute approximate surface area is 126 Å². The largest absolute Gasteiger partial charge is 0.496 e.